The van der Waals surface area contributed by atoms with Gasteiger partial charge in [0, 0.05) is 36.5 Å². The van der Waals surface area contributed by atoms with Gasteiger partial charge in [0.1, 0.15) is 0 Å². The fourth-order valence-electron chi connectivity index (χ4n) is 2.63. The number of carbonyl (C=O) groups is 2. The normalized spacial score (nSPS) is 19.6. The van der Waals surface area contributed by atoms with E-state index in [1.807, 2.05) is 17.2 Å². The van der Waals surface area contributed by atoms with Crippen LogP contribution in [-0.2, 0) is 9.59 Å². The highest BCUT2D eigenvalue weighted by Crippen LogP contribution is 2.29. The lowest BCUT2D eigenvalue weighted by atomic mass is 10.0. The summed E-state index contributed by atoms with van der Waals surface area (Å²) in [4.78, 5) is 30.0. The molecule has 1 saturated carbocycles. The summed E-state index contributed by atoms with van der Waals surface area (Å²) < 4.78 is 0. The van der Waals surface area contributed by atoms with E-state index in [9.17, 15) is 9.59 Å². The van der Waals surface area contributed by atoms with Crippen LogP contribution in [0.3, 0.4) is 0 Å². The number of rotatable bonds is 4. The number of amides is 2. The quantitative estimate of drug-likeness (QED) is 0.863. The van der Waals surface area contributed by atoms with Gasteiger partial charge in [0.25, 0.3) is 0 Å². The van der Waals surface area contributed by atoms with Crippen LogP contribution >= 0.6 is 11.3 Å². The Balaban J connectivity index is 1.45. The summed E-state index contributed by atoms with van der Waals surface area (Å²) in [5, 5.41) is 6.04. The minimum atomic E-state index is 0.0256. The molecule has 22 heavy (non-hydrogen) atoms. The highest BCUT2D eigenvalue weighted by Gasteiger charge is 2.32. The molecule has 1 saturated heterocycles. The SMILES string of the molecule is Cc1nc(/C=C/C(=O)N2CCC(NC(=O)C3CC3)CC2)cs1. The molecule has 2 fully saturated rings. The zero-order chi connectivity index (χ0) is 15.5. The molecule has 0 aromatic carbocycles. The number of aromatic nitrogens is 1. The van der Waals surface area contributed by atoms with E-state index in [1.54, 1.807) is 23.5 Å². The van der Waals surface area contributed by atoms with Gasteiger partial charge < -0.3 is 10.2 Å². The molecule has 3 rings (SSSR count). The Morgan fingerprint density at radius 2 is 2.05 bits per heavy atom. The fraction of sp³-hybridized carbons (Fsp3) is 0.562. The fourth-order valence-corrected chi connectivity index (χ4v) is 3.21. The Morgan fingerprint density at radius 3 is 2.64 bits per heavy atom. The summed E-state index contributed by atoms with van der Waals surface area (Å²) in [5.74, 6) is 0.477. The molecule has 1 aromatic heterocycles. The lowest BCUT2D eigenvalue weighted by Gasteiger charge is -2.31. The molecule has 1 aliphatic carbocycles. The molecule has 2 heterocycles. The van der Waals surface area contributed by atoms with Crippen molar-refractivity contribution in [3.8, 4) is 0 Å². The number of hydrogen-bond acceptors (Lipinski definition) is 4. The highest BCUT2D eigenvalue weighted by molar-refractivity contribution is 7.09. The molecule has 0 spiro atoms. The standard InChI is InChI=1S/C16H21N3O2S/c1-11-17-14(10-22-11)4-5-15(20)19-8-6-13(7-9-19)18-16(21)12-2-3-12/h4-5,10,12-13H,2-3,6-9H2,1H3,(H,18,21)/b5-4+. The molecule has 5 nitrogen and oxygen atoms in total. The largest absolute Gasteiger partial charge is 0.353 e. The van der Waals surface area contributed by atoms with Gasteiger partial charge in [-0.25, -0.2) is 4.98 Å². The van der Waals surface area contributed by atoms with Crippen LogP contribution < -0.4 is 5.32 Å². The number of nitrogens with one attached hydrogen (secondary N) is 1. The molecule has 1 aromatic rings. The first-order valence-corrected chi connectivity index (χ1v) is 8.69. The molecule has 0 radical (unpaired) electrons. The second-order valence-corrected chi connectivity index (χ2v) is 7.07. The second kappa shape index (κ2) is 6.60. The van der Waals surface area contributed by atoms with Gasteiger partial charge in [0.2, 0.25) is 11.8 Å². The maximum Gasteiger partial charge on any atom is 0.246 e. The third kappa shape index (κ3) is 3.94. The predicted molar refractivity (Wildman–Crippen MR) is 86.4 cm³/mol. The average Bonchev–Trinajstić information content (AvgIpc) is 3.29. The molecular formula is C16H21N3O2S. The number of thiazole rings is 1. The molecule has 118 valence electrons. The minimum Gasteiger partial charge on any atom is -0.353 e. The summed E-state index contributed by atoms with van der Waals surface area (Å²) in [6.07, 6.45) is 7.11. The number of nitrogens with zero attached hydrogens (tertiary/aromatic N) is 2. The van der Waals surface area contributed by atoms with E-state index in [2.05, 4.69) is 10.3 Å². The smallest absolute Gasteiger partial charge is 0.246 e. The van der Waals surface area contributed by atoms with Crippen LogP contribution in [-0.4, -0.2) is 40.8 Å². The summed E-state index contributed by atoms with van der Waals surface area (Å²) in [5.41, 5.74) is 0.836. The average molecular weight is 319 g/mol. The van der Waals surface area contributed by atoms with E-state index in [0.29, 0.717) is 13.1 Å². The Bertz CT molecular complexity index is 584. The van der Waals surface area contributed by atoms with Gasteiger partial charge in [-0.3, -0.25) is 9.59 Å². The van der Waals surface area contributed by atoms with Gasteiger partial charge in [0.05, 0.1) is 10.7 Å². The van der Waals surface area contributed by atoms with Crippen LogP contribution in [0.25, 0.3) is 6.08 Å². The van der Waals surface area contributed by atoms with Crippen molar-refractivity contribution >= 4 is 29.2 Å². The summed E-state index contributed by atoms with van der Waals surface area (Å²) in [6.45, 7) is 3.36. The molecular weight excluding hydrogens is 298 g/mol. The van der Waals surface area contributed by atoms with Crippen LogP contribution in [0.4, 0.5) is 0 Å². The van der Waals surface area contributed by atoms with Gasteiger partial charge >= 0.3 is 0 Å². The van der Waals surface area contributed by atoms with Crippen LogP contribution in [0.2, 0.25) is 0 Å². The van der Waals surface area contributed by atoms with Crippen molar-refractivity contribution < 1.29 is 9.59 Å². The minimum absolute atomic E-state index is 0.0256. The molecule has 1 aliphatic heterocycles. The maximum atomic E-state index is 12.2. The predicted octanol–water partition coefficient (Wildman–Crippen LogP) is 1.98. The van der Waals surface area contributed by atoms with Gasteiger partial charge in [-0.1, -0.05) is 0 Å². The van der Waals surface area contributed by atoms with E-state index < -0.39 is 0 Å². The first-order chi connectivity index (χ1) is 10.6. The lowest BCUT2D eigenvalue weighted by Crippen LogP contribution is -2.46. The van der Waals surface area contributed by atoms with E-state index in [1.165, 1.54) is 0 Å². The first kappa shape index (κ1) is 15.2. The zero-order valence-corrected chi connectivity index (χ0v) is 13.6. The Hall–Kier alpha value is -1.69. The topological polar surface area (TPSA) is 62.3 Å². The molecule has 6 heteroatoms. The molecule has 0 atom stereocenters. The number of aryl methyl sites for hydroxylation is 1. The van der Waals surface area contributed by atoms with Crippen LogP contribution in [0.15, 0.2) is 11.5 Å². The molecule has 1 N–H and O–H groups in total. The number of likely N-dealkylation sites (tertiary alicyclic amines) is 1. The van der Waals surface area contributed by atoms with Crippen molar-refractivity contribution in [2.45, 2.75) is 38.6 Å². The highest BCUT2D eigenvalue weighted by atomic mass is 32.1. The van der Waals surface area contributed by atoms with Crippen molar-refractivity contribution in [3.63, 3.8) is 0 Å². The molecule has 0 bridgehead atoms. The van der Waals surface area contributed by atoms with Gasteiger partial charge in [-0.05, 0) is 38.7 Å². The van der Waals surface area contributed by atoms with Crippen molar-refractivity contribution in [2.24, 2.45) is 5.92 Å². The molecule has 2 amide bonds. The third-order valence-electron chi connectivity index (χ3n) is 4.13. The molecule has 2 aliphatic rings. The van der Waals surface area contributed by atoms with Crippen molar-refractivity contribution in [1.29, 1.82) is 0 Å². The number of carbonyl (C=O) groups excluding carboxylic acids is 2. The monoisotopic (exact) mass is 319 g/mol. The van der Waals surface area contributed by atoms with Gasteiger partial charge in [-0.15, -0.1) is 11.3 Å². The third-order valence-corrected chi connectivity index (χ3v) is 4.93. The van der Waals surface area contributed by atoms with Crippen LogP contribution in [0, 0.1) is 12.8 Å². The van der Waals surface area contributed by atoms with Crippen molar-refractivity contribution in [3.05, 3.63) is 22.2 Å². The van der Waals surface area contributed by atoms with Crippen molar-refractivity contribution in [1.82, 2.24) is 15.2 Å². The second-order valence-electron chi connectivity index (χ2n) is 6.01. The van der Waals surface area contributed by atoms with Crippen LogP contribution in [0.1, 0.15) is 36.4 Å². The van der Waals surface area contributed by atoms with Crippen LogP contribution in [0.5, 0.6) is 0 Å². The lowest BCUT2D eigenvalue weighted by molar-refractivity contribution is -0.127. The zero-order valence-electron chi connectivity index (χ0n) is 12.7. The number of piperidine rings is 1. The molecule has 0 unspecified atom stereocenters. The van der Waals surface area contributed by atoms with E-state index in [4.69, 9.17) is 0 Å². The number of hydrogen-bond donors (Lipinski definition) is 1. The Kier molecular flexibility index (Phi) is 4.57. The Labute approximate surface area is 134 Å². The summed E-state index contributed by atoms with van der Waals surface area (Å²) >= 11 is 1.58. The van der Waals surface area contributed by atoms with Crippen molar-refractivity contribution in [2.75, 3.05) is 13.1 Å². The van der Waals surface area contributed by atoms with E-state index in [0.717, 1.165) is 36.4 Å². The van der Waals surface area contributed by atoms with E-state index in [-0.39, 0.29) is 23.8 Å². The maximum absolute atomic E-state index is 12.2. The summed E-state index contributed by atoms with van der Waals surface area (Å²) in [7, 11) is 0. The van der Waals surface area contributed by atoms with E-state index >= 15 is 0 Å². The Morgan fingerprint density at radius 1 is 1.32 bits per heavy atom. The van der Waals surface area contributed by atoms with Gasteiger partial charge in [0.15, 0.2) is 0 Å². The summed E-state index contributed by atoms with van der Waals surface area (Å²) in [6, 6.07) is 0.224. The first-order valence-electron chi connectivity index (χ1n) is 7.81. The van der Waals surface area contributed by atoms with Gasteiger partial charge in [-0.2, -0.15) is 0 Å².